The van der Waals surface area contributed by atoms with Gasteiger partial charge >= 0.3 is 0 Å². The van der Waals surface area contributed by atoms with Crippen molar-refractivity contribution in [2.45, 2.75) is 32.6 Å². The zero-order valence-electron chi connectivity index (χ0n) is 19.8. The number of carbonyl (C=O) groups excluding carboxylic acids is 3. The fraction of sp³-hybridized carbons (Fsp3) is 0.250. The van der Waals surface area contributed by atoms with Gasteiger partial charge in [0.25, 0.3) is 11.8 Å². The summed E-state index contributed by atoms with van der Waals surface area (Å²) in [6, 6.07) is 24.3. The maximum Gasteiger partial charge on any atom is 0.264 e. The molecule has 1 saturated heterocycles. The van der Waals surface area contributed by atoms with Crippen LogP contribution in [-0.4, -0.2) is 46.8 Å². The van der Waals surface area contributed by atoms with Gasteiger partial charge in [0.1, 0.15) is 0 Å². The van der Waals surface area contributed by atoms with Gasteiger partial charge in [0.15, 0.2) is 6.17 Å². The summed E-state index contributed by atoms with van der Waals surface area (Å²) in [7, 11) is 0. The summed E-state index contributed by atoms with van der Waals surface area (Å²) in [6.07, 6.45) is -0.854. The van der Waals surface area contributed by atoms with Crippen molar-refractivity contribution in [2.75, 3.05) is 13.1 Å². The van der Waals surface area contributed by atoms with E-state index >= 15 is 0 Å². The molecule has 1 aliphatic heterocycles. The van der Waals surface area contributed by atoms with E-state index in [4.69, 9.17) is 5.73 Å². The Morgan fingerprint density at radius 2 is 1.54 bits per heavy atom. The molecule has 4 rings (SSSR count). The van der Waals surface area contributed by atoms with E-state index in [0.717, 1.165) is 22.3 Å². The standard InChI is InChI=1S/C28H30N4O3/c1-20-7-5-12-24(15-20)28(35)32-14-13-31(25(33)17-21-8-3-2-4-9-21)27(32)26(34)30-19-23-11-6-10-22(16-23)18-29/h2-12,15-16,27H,13-14,17-19,29H2,1H3,(H,30,34). The molecular formula is C28H30N4O3. The van der Waals surface area contributed by atoms with Crippen molar-refractivity contribution < 1.29 is 14.4 Å². The number of nitrogens with zero attached hydrogens (tertiary/aromatic N) is 2. The Balaban J connectivity index is 1.56. The van der Waals surface area contributed by atoms with Crippen LogP contribution in [0.15, 0.2) is 78.9 Å². The Labute approximate surface area is 205 Å². The Morgan fingerprint density at radius 3 is 2.29 bits per heavy atom. The number of nitrogens with one attached hydrogen (secondary N) is 1. The lowest BCUT2D eigenvalue weighted by molar-refractivity contribution is -0.141. The fourth-order valence-corrected chi connectivity index (χ4v) is 4.35. The van der Waals surface area contributed by atoms with Crippen molar-refractivity contribution in [2.24, 2.45) is 5.73 Å². The van der Waals surface area contributed by atoms with Gasteiger partial charge in [-0.2, -0.15) is 0 Å². The van der Waals surface area contributed by atoms with Crippen LogP contribution in [0, 0.1) is 6.92 Å². The molecule has 180 valence electrons. The van der Waals surface area contributed by atoms with Crippen molar-refractivity contribution in [3.63, 3.8) is 0 Å². The topological polar surface area (TPSA) is 95.7 Å². The lowest BCUT2D eigenvalue weighted by Crippen LogP contribution is -2.54. The number of rotatable bonds is 7. The number of hydrogen-bond donors (Lipinski definition) is 2. The number of aryl methyl sites for hydroxylation is 1. The predicted molar refractivity (Wildman–Crippen MR) is 134 cm³/mol. The fourth-order valence-electron chi connectivity index (χ4n) is 4.35. The summed E-state index contributed by atoms with van der Waals surface area (Å²) < 4.78 is 0. The molecule has 3 N–H and O–H groups in total. The quantitative estimate of drug-likeness (QED) is 0.555. The molecule has 3 amide bonds. The van der Waals surface area contributed by atoms with Crippen LogP contribution in [0.2, 0.25) is 0 Å². The Bertz CT molecular complexity index is 1210. The summed E-state index contributed by atoms with van der Waals surface area (Å²) in [6.45, 7) is 3.18. The van der Waals surface area contributed by atoms with Crippen LogP contribution in [0.5, 0.6) is 0 Å². The second-order valence-electron chi connectivity index (χ2n) is 8.73. The van der Waals surface area contributed by atoms with Crippen LogP contribution in [0.3, 0.4) is 0 Å². The minimum atomic E-state index is -1.02. The first-order chi connectivity index (χ1) is 17.0. The zero-order valence-corrected chi connectivity index (χ0v) is 19.8. The van der Waals surface area contributed by atoms with Gasteiger partial charge in [0.2, 0.25) is 5.91 Å². The number of hydrogen-bond acceptors (Lipinski definition) is 4. The van der Waals surface area contributed by atoms with Crippen LogP contribution in [-0.2, 0) is 29.1 Å². The molecule has 3 aromatic rings. The van der Waals surface area contributed by atoms with Gasteiger partial charge in [-0.1, -0.05) is 72.3 Å². The van der Waals surface area contributed by atoms with Crippen molar-refractivity contribution >= 4 is 17.7 Å². The Morgan fingerprint density at radius 1 is 0.857 bits per heavy atom. The van der Waals surface area contributed by atoms with E-state index in [1.165, 1.54) is 9.80 Å². The molecule has 3 aromatic carbocycles. The highest BCUT2D eigenvalue weighted by Crippen LogP contribution is 2.21. The molecule has 0 aromatic heterocycles. The van der Waals surface area contributed by atoms with Crippen molar-refractivity contribution in [1.29, 1.82) is 0 Å². The first kappa shape index (κ1) is 24.2. The average molecular weight is 471 g/mol. The molecule has 1 atom stereocenters. The Kier molecular flexibility index (Phi) is 7.57. The number of carbonyl (C=O) groups is 3. The second kappa shape index (κ2) is 11.0. The molecule has 0 spiro atoms. The minimum absolute atomic E-state index is 0.162. The summed E-state index contributed by atoms with van der Waals surface area (Å²) in [5.74, 6) is -0.849. The molecular weight excluding hydrogens is 440 g/mol. The molecule has 1 aliphatic rings. The summed E-state index contributed by atoms with van der Waals surface area (Å²) in [5, 5.41) is 2.92. The Hall–Kier alpha value is -3.97. The van der Waals surface area contributed by atoms with Crippen LogP contribution in [0.4, 0.5) is 0 Å². The van der Waals surface area contributed by atoms with E-state index in [1.807, 2.05) is 73.7 Å². The van der Waals surface area contributed by atoms with Gasteiger partial charge in [0.05, 0.1) is 6.42 Å². The van der Waals surface area contributed by atoms with Crippen LogP contribution < -0.4 is 11.1 Å². The average Bonchev–Trinajstić information content (AvgIpc) is 3.33. The smallest absolute Gasteiger partial charge is 0.264 e. The number of amides is 3. The van der Waals surface area contributed by atoms with E-state index in [-0.39, 0.29) is 37.2 Å². The van der Waals surface area contributed by atoms with Gasteiger partial charge < -0.3 is 20.9 Å². The second-order valence-corrected chi connectivity index (χ2v) is 8.73. The number of nitrogens with two attached hydrogens (primary N) is 1. The first-order valence-electron chi connectivity index (χ1n) is 11.7. The highest BCUT2D eigenvalue weighted by Gasteiger charge is 2.42. The van der Waals surface area contributed by atoms with Crippen LogP contribution in [0.1, 0.15) is 32.6 Å². The molecule has 0 saturated carbocycles. The highest BCUT2D eigenvalue weighted by molar-refractivity contribution is 5.99. The molecule has 35 heavy (non-hydrogen) atoms. The van der Waals surface area contributed by atoms with Gasteiger partial charge in [0, 0.05) is 31.7 Å². The van der Waals surface area contributed by atoms with Gasteiger partial charge in [-0.15, -0.1) is 0 Å². The van der Waals surface area contributed by atoms with Crippen LogP contribution in [0.25, 0.3) is 0 Å². The molecule has 0 radical (unpaired) electrons. The summed E-state index contributed by atoms with van der Waals surface area (Å²) >= 11 is 0. The third-order valence-electron chi connectivity index (χ3n) is 6.15. The van der Waals surface area contributed by atoms with E-state index in [2.05, 4.69) is 5.32 Å². The maximum atomic E-state index is 13.4. The largest absolute Gasteiger partial charge is 0.349 e. The molecule has 1 heterocycles. The SMILES string of the molecule is Cc1cccc(C(=O)N2CCN(C(=O)Cc3ccccc3)C2C(=O)NCc2cccc(CN)c2)c1. The molecule has 7 nitrogen and oxygen atoms in total. The normalized spacial score (nSPS) is 15.2. The van der Waals surface area contributed by atoms with Gasteiger partial charge in [-0.3, -0.25) is 14.4 Å². The predicted octanol–water partition coefficient (Wildman–Crippen LogP) is 2.62. The zero-order chi connectivity index (χ0) is 24.8. The lowest BCUT2D eigenvalue weighted by Gasteiger charge is -2.29. The highest BCUT2D eigenvalue weighted by atomic mass is 16.2. The van der Waals surface area contributed by atoms with Crippen LogP contribution >= 0.6 is 0 Å². The number of benzene rings is 3. The minimum Gasteiger partial charge on any atom is -0.349 e. The maximum absolute atomic E-state index is 13.4. The van der Waals surface area contributed by atoms with Crippen molar-refractivity contribution in [3.8, 4) is 0 Å². The van der Waals surface area contributed by atoms with Crippen molar-refractivity contribution in [1.82, 2.24) is 15.1 Å². The van der Waals surface area contributed by atoms with E-state index in [9.17, 15) is 14.4 Å². The van der Waals surface area contributed by atoms with E-state index in [0.29, 0.717) is 18.7 Å². The molecule has 0 aliphatic carbocycles. The van der Waals surface area contributed by atoms with Crippen molar-refractivity contribution in [3.05, 3.63) is 107 Å². The van der Waals surface area contributed by atoms with Gasteiger partial charge in [-0.25, -0.2) is 0 Å². The first-order valence-corrected chi connectivity index (χ1v) is 11.7. The summed E-state index contributed by atoms with van der Waals surface area (Å²) in [5.41, 5.74) is 9.91. The summed E-state index contributed by atoms with van der Waals surface area (Å²) in [4.78, 5) is 43.1. The van der Waals surface area contributed by atoms with E-state index < -0.39 is 6.17 Å². The van der Waals surface area contributed by atoms with Gasteiger partial charge in [-0.05, 0) is 35.7 Å². The third kappa shape index (κ3) is 5.75. The molecule has 1 unspecified atom stereocenters. The van der Waals surface area contributed by atoms with E-state index in [1.54, 1.807) is 12.1 Å². The monoisotopic (exact) mass is 470 g/mol. The molecule has 1 fully saturated rings. The third-order valence-corrected chi connectivity index (χ3v) is 6.15. The molecule has 0 bridgehead atoms. The molecule has 7 heteroatoms. The lowest BCUT2D eigenvalue weighted by atomic mass is 10.1.